The molecule has 5 heteroatoms. The van der Waals surface area contributed by atoms with Gasteiger partial charge in [0.15, 0.2) is 8.32 Å². The first-order valence-corrected chi connectivity index (χ1v) is 17.3. The quantitative estimate of drug-likeness (QED) is 0.231. The van der Waals surface area contributed by atoms with Gasteiger partial charge in [-0.2, -0.15) is 0 Å². The van der Waals surface area contributed by atoms with E-state index < -0.39 is 22.5 Å². The highest BCUT2D eigenvalue weighted by molar-refractivity contribution is 8.03. The third-order valence-electron chi connectivity index (χ3n) is 4.69. The van der Waals surface area contributed by atoms with Gasteiger partial charge in [0, 0.05) is 16.4 Å². The molecule has 0 amide bonds. The second-order valence-corrected chi connectivity index (χ2v) is 20.3. The summed E-state index contributed by atoms with van der Waals surface area (Å²) in [5, 5.41) is 10.8. The highest BCUT2D eigenvalue weighted by Gasteiger charge is 2.36. The summed E-state index contributed by atoms with van der Waals surface area (Å²) in [6.07, 6.45) is 1.96. The maximum Gasteiger partial charge on any atom is 0.191 e. The summed E-state index contributed by atoms with van der Waals surface area (Å²) in [6.45, 7) is 18.4. The van der Waals surface area contributed by atoms with Crippen LogP contribution < -0.4 is 0 Å². The fraction of sp³-hybridized carbons (Fsp3) is 0.500. The first-order valence-electron chi connectivity index (χ1n) is 10.1. The lowest BCUT2D eigenvalue weighted by Gasteiger charge is -2.36. The molecule has 1 atom stereocenters. The average Bonchev–Trinajstić information content (AvgIpc) is 2.60. The molecular formula is C24H36O2SSi2. The van der Waals surface area contributed by atoms with Gasteiger partial charge in [0.05, 0.1) is 0 Å². The van der Waals surface area contributed by atoms with E-state index in [1.165, 1.54) is 0 Å². The molecule has 0 heterocycles. The Morgan fingerprint density at radius 1 is 1.10 bits per heavy atom. The Balaban J connectivity index is 2.89. The van der Waals surface area contributed by atoms with Gasteiger partial charge in [-0.15, -0.1) is 5.54 Å². The molecule has 0 radical (unpaired) electrons. The van der Waals surface area contributed by atoms with Gasteiger partial charge in [-0.05, 0) is 48.5 Å². The van der Waals surface area contributed by atoms with Gasteiger partial charge in [-0.3, -0.25) is 0 Å². The van der Waals surface area contributed by atoms with Crippen LogP contribution in [0.1, 0.15) is 27.2 Å². The number of aliphatic hydroxyl groups excluding tert-OH is 1. The molecule has 0 aromatic heterocycles. The molecule has 0 spiro atoms. The second-order valence-electron chi connectivity index (χ2n) is 9.59. The summed E-state index contributed by atoms with van der Waals surface area (Å²) < 4.78 is 6.26. The third-order valence-corrected chi connectivity index (χ3v) is 11.2. The first-order chi connectivity index (χ1) is 13.3. The summed E-state index contributed by atoms with van der Waals surface area (Å²) in [4.78, 5) is 1.91. The minimum absolute atomic E-state index is 0.193. The molecule has 0 saturated heterocycles. The number of benzene rings is 1. The zero-order valence-corrected chi connectivity index (χ0v) is 22.0. The summed E-state index contributed by atoms with van der Waals surface area (Å²) in [7, 11) is -3.22. The summed E-state index contributed by atoms with van der Waals surface area (Å²) in [6, 6.07) is 10.1. The highest BCUT2D eigenvalue weighted by Crippen LogP contribution is 2.36. The molecule has 0 saturated carbocycles. The standard InChI is InChI=1S/C24H36O2SSi2/c1-24(2,3)29(7,8)26-19-14-18-23(27-21-15-10-9-11-16-21)22(25)17-12-13-20-28(4,5)6/h9-11,15-16,18,22,25H,14,19H2,1-8H3/b23-18-/t22-/m1/s1. The van der Waals surface area contributed by atoms with Gasteiger partial charge in [-0.25, -0.2) is 0 Å². The predicted octanol–water partition coefficient (Wildman–Crippen LogP) is 6.32. The number of rotatable bonds is 7. The molecule has 0 aliphatic carbocycles. The van der Waals surface area contributed by atoms with Crippen molar-refractivity contribution in [1.82, 2.24) is 0 Å². The van der Waals surface area contributed by atoms with Crippen molar-refractivity contribution in [2.75, 3.05) is 6.61 Å². The molecule has 0 aliphatic heterocycles. The molecule has 158 valence electrons. The monoisotopic (exact) mass is 444 g/mol. The number of hydrogen-bond donors (Lipinski definition) is 1. The normalized spacial score (nSPS) is 13.8. The Hall–Kier alpha value is -1.22. The van der Waals surface area contributed by atoms with Crippen LogP contribution in [0.3, 0.4) is 0 Å². The van der Waals surface area contributed by atoms with E-state index in [9.17, 15) is 5.11 Å². The van der Waals surface area contributed by atoms with E-state index in [0.717, 1.165) is 16.2 Å². The van der Waals surface area contributed by atoms with Crippen LogP contribution in [0.2, 0.25) is 37.8 Å². The zero-order valence-electron chi connectivity index (χ0n) is 19.2. The van der Waals surface area contributed by atoms with Gasteiger partial charge in [0.1, 0.15) is 14.2 Å². The predicted molar refractivity (Wildman–Crippen MR) is 133 cm³/mol. The molecule has 0 fully saturated rings. The van der Waals surface area contributed by atoms with Crippen LogP contribution in [-0.2, 0) is 4.43 Å². The molecular weight excluding hydrogens is 409 g/mol. The van der Waals surface area contributed by atoms with E-state index in [4.69, 9.17) is 4.43 Å². The second kappa shape index (κ2) is 11.3. The van der Waals surface area contributed by atoms with Gasteiger partial charge in [-0.1, -0.05) is 82.4 Å². The lowest BCUT2D eigenvalue weighted by Crippen LogP contribution is -2.40. The van der Waals surface area contributed by atoms with E-state index >= 15 is 0 Å². The molecule has 1 aromatic rings. The minimum atomic E-state index is -1.76. The maximum absolute atomic E-state index is 10.6. The van der Waals surface area contributed by atoms with Gasteiger partial charge < -0.3 is 9.53 Å². The molecule has 0 bridgehead atoms. The summed E-state index contributed by atoms with van der Waals surface area (Å²) in [5.74, 6) is 8.64. The van der Waals surface area contributed by atoms with Crippen LogP contribution in [0.4, 0.5) is 0 Å². The van der Waals surface area contributed by atoms with Crippen molar-refractivity contribution >= 4 is 28.2 Å². The topological polar surface area (TPSA) is 29.5 Å². The average molecular weight is 445 g/mol. The highest BCUT2D eigenvalue weighted by atomic mass is 32.2. The van der Waals surface area contributed by atoms with Crippen LogP contribution in [-0.4, -0.2) is 34.2 Å². The van der Waals surface area contributed by atoms with Crippen LogP contribution >= 0.6 is 11.8 Å². The van der Waals surface area contributed by atoms with E-state index in [0.29, 0.717) is 6.61 Å². The van der Waals surface area contributed by atoms with E-state index in [1.54, 1.807) is 11.8 Å². The summed E-state index contributed by atoms with van der Waals surface area (Å²) in [5.41, 5.74) is 3.21. The number of thioether (sulfide) groups is 1. The fourth-order valence-electron chi connectivity index (χ4n) is 1.96. The van der Waals surface area contributed by atoms with Crippen LogP contribution in [0.5, 0.6) is 0 Å². The molecule has 1 aromatic carbocycles. The molecule has 29 heavy (non-hydrogen) atoms. The van der Waals surface area contributed by atoms with Crippen molar-refractivity contribution < 1.29 is 9.53 Å². The Bertz CT molecular complexity index is 795. The van der Waals surface area contributed by atoms with Crippen LogP contribution in [0, 0.1) is 23.3 Å². The minimum Gasteiger partial charge on any atom is -0.417 e. The van der Waals surface area contributed by atoms with Crippen molar-refractivity contribution in [1.29, 1.82) is 0 Å². The molecule has 1 N–H and O–H groups in total. The lowest BCUT2D eigenvalue weighted by atomic mass is 10.2. The van der Waals surface area contributed by atoms with Crippen molar-refractivity contribution in [2.24, 2.45) is 0 Å². The van der Waals surface area contributed by atoms with Crippen molar-refractivity contribution in [3.05, 3.63) is 41.3 Å². The number of hydrogen-bond acceptors (Lipinski definition) is 3. The lowest BCUT2D eigenvalue weighted by molar-refractivity contribution is 0.274. The van der Waals surface area contributed by atoms with E-state index in [2.05, 4.69) is 82.9 Å². The Morgan fingerprint density at radius 2 is 1.72 bits per heavy atom. The summed E-state index contributed by atoms with van der Waals surface area (Å²) >= 11 is 1.55. The SMILES string of the molecule is CC(C)(C)[Si](C)(C)OCC/C=C(\Sc1ccccc1)[C@H](O)C#CC#C[Si](C)(C)C. The van der Waals surface area contributed by atoms with Crippen LogP contribution in [0.15, 0.2) is 46.2 Å². The van der Waals surface area contributed by atoms with Gasteiger partial charge >= 0.3 is 0 Å². The first kappa shape index (κ1) is 25.8. The third kappa shape index (κ3) is 10.4. The van der Waals surface area contributed by atoms with E-state index in [-0.39, 0.29) is 5.04 Å². The Morgan fingerprint density at radius 3 is 2.28 bits per heavy atom. The maximum atomic E-state index is 10.6. The van der Waals surface area contributed by atoms with Gasteiger partial charge in [0.25, 0.3) is 0 Å². The van der Waals surface area contributed by atoms with Crippen molar-refractivity contribution in [3.8, 4) is 23.3 Å². The largest absolute Gasteiger partial charge is 0.417 e. The van der Waals surface area contributed by atoms with Crippen LogP contribution in [0.25, 0.3) is 0 Å². The molecule has 1 rings (SSSR count). The molecule has 0 aliphatic rings. The molecule has 0 unspecified atom stereocenters. The van der Waals surface area contributed by atoms with Gasteiger partial charge in [0.2, 0.25) is 0 Å². The van der Waals surface area contributed by atoms with Crippen molar-refractivity contribution in [2.45, 2.75) is 76.0 Å². The van der Waals surface area contributed by atoms with E-state index in [1.807, 2.05) is 30.3 Å². The fourth-order valence-corrected chi connectivity index (χ4v) is 4.40. The number of aliphatic hydroxyl groups is 1. The Labute approximate surface area is 184 Å². The smallest absolute Gasteiger partial charge is 0.191 e. The molecule has 2 nitrogen and oxygen atoms in total. The zero-order chi connectivity index (χ0) is 22.1. The van der Waals surface area contributed by atoms with Crippen molar-refractivity contribution in [3.63, 3.8) is 0 Å². The Kier molecular flexibility index (Phi) is 10.0.